The summed E-state index contributed by atoms with van der Waals surface area (Å²) in [6.45, 7) is 8.23. The molecule has 0 fully saturated rings. The zero-order valence-electron chi connectivity index (χ0n) is 13.6. The first-order chi connectivity index (χ1) is 10.0. The van der Waals surface area contributed by atoms with E-state index in [0.29, 0.717) is 5.92 Å². The van der Waals surface area contributed by atoms with Crippen LogP contribution in [0.15, 0.2) is 30.3 Å². The molecule has 0 spiro atoms. The minimum Gasteiger partial charge on any atom is -0.481 e. The summed E-state index contributed by atoms with van der Waals surface area (Å²) in [6.07, 6.45) is 3.73. The number of aliphatic carboxylic acids is 1. The number of benzene rings is 1. The van der Waals surface area contributed by atoms with Gasteiger partial charge in [0.1, 0.15) is 0 Å². The number of rotatable bonds is 10. The van der Waals surface area contributed by atoms with Gasteiger partial charge in [-0.2, -0.15) is 0 Å². The highest BCUT2D eigenvalue weighted by atomic mass is 16.4. The molecule has 0 saturated heterocycles. The molecule has 0 amide bonds. The fraction of sp³-hybridized carbons (Fsp3) is 0.611. The number of carbonyl (C=O) groups is 1. The summed E-state index contributed by atoms with van der Waals surface area (Å²) in [7, 11) is 0. The molecule has 1 atom stereocenters. The first kappa shape index (κ1) is 17.7. The number of carboxylic acid groups (broad SMARTS) is 1. The normalized spacial score (nSPS) is 12.8. The summed E-state index contributed by atoms with van der Waals surface area (Å²) >= 11 is 0. The molecule has 0 bridgehead atoms. The molecule has 3 nitrogen and oxygen atoms in total. The van der Waals surface area contributed by atoms with Gasteiger partial charge in [0.2, 0.25) is 0 Å². The molecule has 118 valence electrons. The zero-order valence-corrected chi connectivity index (χ0v) is 13.6. The average molecular weight is 291 g/mol. The molecule has 0 aliphatic carbocycles. The third kappa shape index (κ3) is 6.76. The number of hydrogen-bond acceptors (Lipinski definition) is 2. The van der Waals surface area contributed by atoms with Crippen molar-refractivity contribution in [3.05, 3.63) is 35.9 Å². The molecule has 0 aromatic heterocycles. The van der Waals surface area contributed by atoms with E-state index in [1.165, 1.54) is 18.4 Å². The van der Waals surface area contributed by atoms with E-state index in [-0.39, 0.29) is 12.5 Å². The lowest BCUT2D eigenvalue weighted by Gasteiger charge is -2.33. The van der Waals surface area contributed by atoms with Crippen molar-refractivity contribution in [2.24, 2.45) is 5.92 Å². The molecular weight excluding hydrogens is 262 g/mol. The average Bonchev–Trinajstić information content (AvgIpc) is 2.45. The fourth-order valence-electron chi connectivity index (χ4n) is 2.71. The van der Waals surface area contributed by atoms with Gasteiger partial charge < -0.3 is 5.11 Å². The molecule has 1 N–H and O–H groups in total. The van der Waals surface area contributed by atoms with Crippen LogP contribution in [0, 0.1) is 5.92 Å². The van der Waals surface area contributed by atoms with Gasteiger partial charge in [-0.1, -0.05) is 63.9 Å². The minimum absolute atomic E-state index is 0.0968. The lowest BCUT2D eigenvalue weighted by atomic mass is 9.97. The monoisotopic (exact) mass is 291 g/mol. The third-order valence-electron chi connectivity index (χ3n) is 3.90. The van der Waals surface area contributed by atoms with Crippen LogP contribution in [0.5, 0.6) is 0 Å². The van der Waals surface area contributed by atoms with E-state index < -0.39 is 5.97 Å². The van der Waals surface area contributed by atoms with E-state index in [1.807, 2.05) is 18.2 Å². The summed E-state index contributed by atoms with van der Waals surface area (Å²) in [4.78, 5) is 13.5. The summed E-state index contributed by atoms with van der Waals surface area (Å²) in [5.41, 5.74) is 1.25. The Morgan fingerprint density at radius 1 is 1.19 bits per heavy atom. The Morgan fingerprint density at radius 3 is 2.38 bits per heavy atom. The largest absolute Gasteiger partial charge is 0.481 e. The molecule has 0 heterocycles. The van der Waals surface area contributed by atoms with Gasteiger partial charge in [0.05, 0.1) is 6.42 Å². The van der Waals surface area contributed by atoms with E-state index in [0.717, 1.165) is 19.5 Å². The molecule has 1 rings (SSSR count). The molecule has 1 aromatic carbocycles. The van der Waals surface area contributed by atoms with Crippen LogP contribution in [-0.4, -0.2) is 28.6 Å². The molecule has 1 aromatic rings. The number of nitrogens with zero attached hydrogens (tertiary/aromatic N) is 1. The van der Waals surface area contributed by atoms with Crippen LogP contribution in [0.3, 0.4) is 0 Å². The summed E-state index contributed by atoms with van der Waals surface area (Å²) in [5.74, 6) is -0.367. The molecule has 3 heteroatoms. The van der Waals surface area contributed by atoms with Crippen LogP contribution in [0.25, 0.3) is 0 Å². The van der Waals surface area contributed by atoms with Gasteiger partial charge in [0, 0.05) is 12.6 Å². The van der Waals surface area contributed by atoms with Gasteiger partial charge in [-0.3, -0.25) is 9.69 Å². The molecule has 0 saturated carbocycles. The Labute approximate surface area is 129 Å². The van der Waals surface area contributed by atoms with Crippen molar-refractivity contribution in [1.82, 2.24) is 4.90 Å². The predicted molar refractivity (Wildman–Crippen MR) is 87.3 cm³/mol. The van der Waals surface area contributed by atoms with Gasteiger partial charge >= 0.3 is 5.97 Å². The van der Waals surface area contributed by atoms with E-state index in [4.69, 9.17) is 0 Å². The summed E-state index contributed by atoms with van der Waals surface area (Å²) in [6, 6.07) is 10.4. The highest BCUT2D eigenvalue weighted by Crippen LogP contribution is 2.19. The van der Waals surface area contributed by atoms with Crippen LogP contribution in [0.1, 0.15) is 52.0 Å². The van der Waals surface area contributed by atoms with Crippen LogP contribution < -0.4 is 0 Å². The van der Waals surface area contributed by atoms with E-state index >= 15 is 0 Å². The van der Waals surface area contributed by atoms with Crippen molar-refractivity contribution < 1.29 is 9.90 Å². The van der Waals surface area contributed by atoms with Crippen molar-refractivity contribution in [3.8, 4) is 0 Å². The number of unbranched alkanes of at least 4 members (excludes halogenated alkanes) is 2. The first-order valence-electron chi connectivity index (χ1n) is 8.04. The summed E-state index contributed by atoms with van der Waals surface area (Å²) < 4.78 is 0. The second-order valence-corrected chi connectivity index (χ2v) is 6.07. The van der Waals surface area contributed by atoms with Crippen LogP contribution >= 0.6 is 0 Å². The lowest BCUT2D eigenvalue weighted by Crippen LogP contribution is -2.40. The maximum absolute atomic E-state index is 11.2. The van der Waals surface area contributed by atoms with E-state index in [9.17, 15) is 9.90 Å². The second-order valence-electron chi connectivity index (χ2n) is 6.07. The Kier molecular flexibility index (Phi) is 8.06. The maximum Gasteiger partial charge on any atom is 0.304 e. The highest BCUT2D eigenvalue weighted by Gasteiger charge is 2.24. The molecule has 0 aliphatic heterocycles. The SMILES string of the molecule is CCCCCN(Cc1ccccc1)C(CC(=O)O)C(C)C. The summed E-state index contributed by atoms with van der Waals surface area (Å²) in [5, 5.41) is 9.19. The third-order valence-corrected chi connectivity index (χ3v) is 3.90. The van der Waals surface area contributed by atoms with Crippen molar-refractivity contribution in [2.75, 3.05) is 6.54 Å². The molecular formula is C18H29NO2. The highest BCUT2D eigenvalue weighted by molar-refractivity contribution is 5.67. The Morgan fingerprint density at radius 2 is 1.86 bits per heavy atom. The molecule has 0 aliphatic rings. The van der Waals surface area contributed by atoms with Gasteiger partial charge in [-0.15, -0.1) is 0 Å². The molecule has 0 radical (unpaired) electrons. The second kappa shape index (κ2) is 9.56. The van der Waals surface area contributed by atoms with Gasteiger partial charge in [-0.05, 0) is 24.4 Å². The topological polar surface area (TPSA) is 40.5 Å². The van der Waals surface area contributed by atoms with Gasteiger partial charge in [0.25, 0.3) is 0 Å². The van der Waals surface area contributed by atoms with E-state index in [2.05, 4.69) is 37.8 Å². The number of hydrogen-bond donors (Lipinski definition) is 1. The van der Waals surface area contributed by atoms with Crippen molar-refractivity contribution in [1.29, 1.82) is 0 Å². The smallest absolute Gasteiger partial charge is 0.304 e. The van der Waals surface area contributed by atoms with Crippen molar-refractivity contribution in [3.63, 3.8) is 0 Å². The van der Waals surface area contributed by atoms with Crippen LogP contribution in [-0.2, 0) is 11.3 Å². The minimum atomic E-state index is -0.706. The lowest BCUT2D eigenvalue weighted by molar-refractivity contribution is -0.139. The van der Waals surface area contributed by atoms with E-state index in [1.54, 1.807) is 0 Å². The van der Waals surface area contributed by atoms with Crippen molar-refractivity contribution in [2.45, 2.75) is 59.0 Å². The van der Waals surface area contributed by atoms with Gasteiger partial charge in [0.15, 0.2) is 0 Å². The standard InChI is InChI=1S/C18H29NO2/c1-4-5-9-12-19(14-16-10-7-6-8-11-16)17(15(2)3)13-18(20)21/h6-8,10-11,15,17H,4-5,9,12-14H2,1-3H3,(H,20,21). The maximum atomic E-state index is 11.2. The predicted octanol–water partition coefficient (Wildman–Crippen LogP) is 4.18. The quantitative estimate of drug-likeness (QED) is 0.657. The van der Waals surface area contributed by atoms with Crippen molar-refractivity contribution >= 4 is 5.97 Å². The Hall–Kier alpha value is -1.35. The fourth-order valence-corrected chi connectivity index (χ4v) is 2.71. The number of carboxylic acids is 1. The molecule has 1 unspecified atom stereocenters. The molecule has 21 heavy (non-hydrogen) atoms. The Bertz CT molecular complexity index is 403. The van der Waals surface area contributed by atoms with Crippen LogP contribution in [0.4, 0.5) is 0 Å². The Balaban J connectivity index is 2.79. The van der Waals surface area contributed by atoms with Crippen LogP contribution in [0.2, 0.25) is 0 Å². The zero-order chi connectivity index (χ0) is 15.7. The van der Waals surface area contributed by atoms with Gasteiger partial charge in [-0.25, -0.2) is 0 Å². The first-order valence-corrected chi connectivity index (χ1v) is 8.04.